The van der Waals surface area contributed by atoms with Crippen molar-refractivity contribution in [3.05, 3.63) is 17.6 Å². The number of nitrogens with two attached hydrogens (primary N) is 1. The van der Waals surface area contributed by atoms with Crippen molar-refractivity contribution in [3.63, 3.8) is 0 Å². The third kappa shape index (κ3) is 4.97. The van der Waals surface area contributed by atoms with Gasteiger partial charge in [0.2, 0.25) is 5.91 Å². The maximum Gasteiger partial charge on any atom is 0.240 e. The van der Waals surface area contributed by atoms with Crippen LogP contribution in [0.25, 0.3) is 0 Å². The average Bonchev–Trinajstić information content (AvgIpc) is 2.34. The van der Waals surface area contributed by atoms with Crippen molar-refractivity contribution >= 4 is 11.7 Å². The Morgan fingerprint density at radius 2 is 2.00 bits per heavy atom. The van der Waals surface area contributed by atoms with E-state index in [-0.39, 0.29) is 11.3 Å². The Bertz CT molecular complexity index is 495. The van der Waals surface area contributed by atoms with Crippen LogP contribution in [0.1, 0.15) is 46.1 Å². The topological polar surface area (TPSA) is 90.1 Å². The number of carbonyl (C=O) groups is 1. The summed E-state index contributed by atoms with van der Waals surface area (Å²) in [6, 6.07) is 1.32. The first-order valence-corrected chi connectivity index (χ1v) is 7.08. The van der Waals surface area contributed by atoms with E-state index in [1.807, 2.05) is 34.6 Å². The fourth-order valence-corrected chi connectivity index (χ4v) is 1.85. The lowest BCUT2D eigenvalue weighted by atomic mass is 9.95. The van der Waals surface area contributed by atoms with Gasteiger partial charge in [-0.2, -0.15) is 0 Å². The third-order valence-electron chi connectivity index (χ3n) is 3.02. The van der Waals surface area contributed by atoms with E-state index in [0.29, 0.717) is 18.2 Å². The van der Waals surface area contributed by atoms with Crippen molar-refractivity contribution in [2.24, 2.45) is 11.7 Å². The maximum absolute atomic E-state index is 11.5. The second kappa shape index (κ2) is 6.85. The molecule has 0 saturated carbocycles. The summed E-state index contributed by atoms with van der Waals surface area (Å²) >= 11 is 0. The van der Waals surface area contributed by atoms with Crippen molar-refractivity contribution < 1.29 is 9.53 Å². The molecule has 1 atom stereocenters. The molecule has 0 bridgehead atoms. The molecule has 0 aromatic carbocycles. The summed E-state index contributed by atoms with van der Waals surface area (Å²) in [5.41, 5.74) is 6.01. The van der Waals surface area contributed by atoms with Crippen LogP contribution in [-0.2, 0) is 21.6 Å². The van der Waals surface area contributed by atoms with Crippen LogP contribution in [0.4, 0.5) is 5.82 Å². The number of nitrogens with zero attached hydrogens (tertiary/aromatic N) is 2. The lowest BCUT2D eigenvalue weighted by Crippen LogP contribution is -2.40. The van der Waals surface area contributed by atoms with Crippen LogP contribution in [-0.4, -0.2) is 29.0 Å². The predicted molar refractivity (Wildman–Crippen MR) is 82.9 cm³/mol. The molecular weight excluding hydrogens is 268 g/mol. The van der Waals surface area contributed by atoms with Gasteiger partial charge < -0.3 is 15.8 Å². The van der Waals surface area contributed by atoms with Gasteiger partial charge in [0.25, 0.3) is 0 Å². The Kier molecular flexibility index (Phi) is 5.66. The van der Waals surface area contributed by atoms with Gasteiger partial charge in [-0.3, -0.25) is 4.79 Å². The minimum atomic E-state index is -0.469. The molecule has 0 spiro atoms. The van der Waals surface area contributed by atoms with Gasteiger partial charge in [-0.05, 0) is 5.92 Å². The first-order valence-electron chi connectivity index (χ1n) is 7.08. The summed E-state index contributed by atoms with van der Waals surface area (Å²) in [5, 5.41) is 3.11. The zero-order valence-corrected chi connectivity index (χ0v) is 13.7. The first kappa shape index (κ1) is 17.4. The smallest absolute Gasteiger partial charge is 0.240 e. The summed E-state index contributed by atoms with van der Waals surface area (Å²) in [6.07, 6.45) is 0. The van der Waals surface area contributed by atoms with Gasteiger partial charge >= 0.3 is 0 Å². The van der Waals surface area contributed by atoms with E-state index in [0.717, 1.165) is 5.69 Å². The minimum absolute atomic E-state index is 0.0708. The van der Waals surface area contributed by atoms with Crippen LogP contribution in [0.15, 0.2) is 6.07 Å². The maximum atomic E-state index is 11.5. The number of nitrogens with one attached hydrogen (secondary N) is 1. The van der Waals surface area contributed by atoms with Gasteiger partial charge in [-0.25, -0.2) is 9.97 Å². The Morgan fingerprint density at radius 1 is 1.38 bits per heavy atom. The quantitative estimate of drug-likeness (QED) is 0.835. The van der Waals surface area contributed by atoms with E-state index < -0.39 is 11.9 Å². The highest BCUT2D eigenvalue weighted by Crippen LogP contribution is 2.21. The number of methoxy groups -OCH3 is 1. The molecule has 0 saturated heterocycles. The van der Waals surface area contributed by atoms with E-state index in [1.54, 1.807) is 13.2 Å². The largest absolute Gasteiger partial charge is 0.378 e. The Hall–Kier alpha value is -1.69. The van der Waals surface area contributed by atoms with E-state index >= 15 is 0 Å². The van der Waals surface area contributed by atoms with Crippen LogP contribution in [0, 0.1) is 5.92 Å². The lowest BCUT2D eigenvalue weighted by Gasteiger charge is -2.22. The molecule has 1 heterocycles. The van der Waals surface area contributed by atoms with Crippen LogP contribution in [0.3, 0.4) is 0 Å². The number of ether oxygens (including phenoxy) is 1. The summed E-state index contributed by atoms with van der Waals surface area (Å²) < 4.78 is 5.14. The van der Waals surface area contributed by atoms with Gasteiger partial charge in [0.15, 0.2) is 0 Å². The molecule has 21 heavy (non-hydrogen) atoms. The second-order valence-corrected chi connectivity index (χ2v) is 6.52. The van der Waals surface area contributed by atoms with E-state index in [1.165, 1.54) is 0 Å². The number of amides is 1. The molecule has 118 valence electrons. The first-order chi connectivity index (χ1) is 9.65. The molecular formula is C15H26N4O2. The van der Waals surface area contributed by atoms with Crippen LogP contribution in [0.2, 0.25) is 0 Å². The summed E-state index contributed by atoms with van der Waals surface area (Å²) in [4.78, 5) is 20.5. The van der Waals surface area contributed by atoms with Gasteiger partial charge in [-0.1, -0.05) is 34.6 Å². The molecule has 1 amide bonds. The number of hydrogen-bond donors (Lipinski definition) is 2. The van der Waals surface area contributed by atoms with Crippen LogP contribution < -0.4 is 11.1 Å². The molecule has 1 aromatic heterocycles. The number of rotatable bonds is 6. The van der Waals surface area contributed by atoms with Crippen molar-refractivity contribution in [2.75, 3.05) is 12.4 Å². The molecule has 0 aliphatic carbocycles. The van der Waals surface area contributed by atoms with Gasteiger partial charge in [0.05, 0.1) is 12.3 Å². The van der Waals surface area contributed by atoms with E-state index in [4.69, 9.17) is 10.5 Å². The number of aromatic nitrogens is 2. The summed E-state index contributed by atoms with van der Waals surface area (Å²) in [6.45, 7) is 10.4. The van der Waals surface area contributed by atoms with Gasteiger partial charge in [-0.15, -0.1) is 0 Å². The monoisotopic (exact) mass is 294 g/mol. The number of primary amides is 1. The lowest BCUT2D eigenvalue weighted by molar-refractivity contribution is -0.119. The molecule has 6 heteroatoms. The number of anilines is 1. The molecule has 0 aliphatic rings. The highest BCUT2D eigenvalue weighted by atomic mass is 16.5. The summed E-state index contributed by atoms with van der Waals surface area (Å²) in [7, 11) is 1.62. The minimum Gasteiger partial charge on any atom is -0.378 e. The molecule has 0 radical (unpaired) electrons. The normalized spacial score (nSPS) is 13.3. The molecule has 1 unspecified atom stereocenters. The highest BCUT2D eigenvalue weighted by molar-refractivity contribution is 5.82. The average molecular weight is 294 g/mol. The van der Waals surface area contributed by atoms with Crippen molar-refractivity contribution in [1.29, 1.82) is 0 Å². The van der Waals surface area contributed by atoms with Crippen LogP contribution in [0.5, 0.6) is 0 Å². The SMILES string of the molecule is COCc1cc(NC(C(N)=O)C(C)C)nc(C(C)(C)C)n1. The highest BCUT2D eigenvalue weighted by Gasteiger charge is 2.23. The van der Waals surface area contributed by atoms with Crippen LogP contribution >= 0.6 is 0 Å². The predicted octanol–water partition coefficient (Wildman–Crippen LogP) is 1.84. The second-order valence-electron chi connectivity index (χ2n) is 6.52. The zero-order valence-electron chi connectivity index (χ0n) is 13.7. The fraction of sp³-hybridized carbons (Fsp3) is 0.667. The van der Waals surface area contributed by atoms with Crippen molar-refractivity contribution in [2.45, 2.75) is 52.7 Å². The molecule has 1 rings (SSSR count). The summed E-state index contributed by atoms with van der Waals surface area (Å²) in [5.74, 6) is 0.974. The molecule has 3 N–H and O–H groups in total. The molecule has 0 fully saturated rings. The Labute approximate surface area is 126 Å². The standard InChI is InChI=1S/C15H26N4O2/c1-9(2)12(13(16)20)18-11-7-10(8-21-6)17-14(19-11)15(3,4)5/h7,9,12H,8H2,1-6H3,(H2,16,20)(H,17,18,19). The number of carbonyl (C=O) groups excluding carboxylic acids is 1. The zero-order chi connectivity index (χ0) is 16.2. The van der Waals surface area contributed by atoms with E-state index in [9.17, 15) is 4.79 Å². The third-order valence-corrected chi connectivity index (χ3v) is 3.02. The molecule has 6 nitrogen and oxygen atoms in total. The van der Waals surface area contributed by atoms with Gasteiger partial charge in [0, 0.05) is 18.6 Å². The molecule has 1 aromatic rings. The van der Waals surface area contributed by atoms with E-state index in [2.05, 4.69) is 15.3 Å². The Morgan fingerprint density at radius 3 is 2.43 bits per heavy atom. The van der Waals surface area contributed by atoms with Gasteiger partial charge in [0.1, 0.15) is 17.7 Å². The molecule has 0 aliphatic heterocycles. The Balaban J connectivity index is 3.16. The van der Waals surface area contributed by atoms with Crippen molar-refractivity contribution in [1.82, 2.24) is 9.97 Å². The fourth-order valence-electron chi connectivity index (χ4n) is 1.85. The van der Waals surface area contributed by atoms with Crippen molar-refractivity contribution in [3.8, 4) is 0 Å². The number of hydrogen-bond acceptors (Lipinski definition) is 5.